The van der Waals surface area contributed by atoms with Crippen LogP contribution in [0.2, 0.25) is 5.02 Å². The molecule has 0 atom stereocenters. The Hall–Kier alpha value is -4.05. The van der Waals surface area contributed by atoms with Gasteiger partial charge in [-0.2, -0.15) is 4.98 Å². The van der Waals surface area contributed by atoms with Crippen molar-refractivity contribution in [3.05, 3.63) is 53.7 Å². The number of methoxy groups -OCH3 is 1. The Kier molecular flexibility index (Phi) is 11.7. The first-order valence-electron chi connectivity index (χ1n) is 14.0. The number of thiol groups is 1. The van der Waals surface area contributed by atoms with Crippen LogP contribution in [0.4, 0.5) is 39.3 Å². The molecule has 0 radical (unpaired) electrons. The molecule has 0 unspecified atom stereocenters. The van der Waals surface area contributed by atoms with Crippen molar-refractivity contribution in [2.45, 2.75) is 18.9 Å². The Balaban J connectivity index is 0.00000104. The first-order chi connectivity index (χ1) is 21.1. The normalized spacial score (nSPS) is 16.1. The third kappa shape index (κ3) is 9.22. The van der Waals surface area contributed by atoms with Gasteiger partial charge in [-0.3, -0.25) is 9.62 Å². The van der Waals surface area contributed by atoms with E-state index in [1.165, 1.54) is 6.20 Å². The molecular weight excluding hydrogens is 610 g/mol. The number of rotatable bonds is 9. The summed E-state index contributed by atoms with van der Waals surface area (Å²) in [7, 11) is 1.02. The molecule has 2 aliphatic heterocycles. The lowest BCUT2D eigenvalue weighted by Gasteiger charge is -2.42. The van der Waals surface area contributed by atoms with Gasteiger partial charge >= 0.3 is 6.09 Å². The van der Waals surface area contributed by atoms with Crippen LogP contribution in [-0.4, -0.2) is 98.9 Å². The van der Waals surface area contributed by atoms with E-state index in [0.29, 0.717) is 34.9 Å². The van der Waals surface area contributed by atoms with Crippen molar-refractivity contribution in [3.8, 4) is 5.75 Å². The Labute approximate surface area is 263 Å². The van der Waals surface area contributed by atoms with Crippen LogP contribution in [0.25, 0.3) is 0 Å². The SMILES string of the molecule is COc1cc(N2CCC(N3CCN(C)CC3)CC2)ccc1Nc1ncc(Cl)c(Nc2ccccc2N[SH](=O)=O)n1.NC(=O)O. The molecule has 14 nitrogen and oxygen atoms in total. The maximum absolute atomic E-state index is 11.2. The maximum Gasteiger partial charge on any atom is 0.402 e. The Morgan fingerprint density at radius 1 is 1.02 bits per heavy atom. The van der Waals surface area contributed by atoms with E-state index in [0.717, 1.165) is 63.5 Å². The highest BCUT2D eigenvalue weighted by molar-refractivity contribution is 7.73. The molecular formula is C28H38ClN9O5S. The molecule has 44 heavy (non-hydrogen) atoms. The number of likely N-dealkylation sites (N-methyl/N-ethyl adjacent to an activating group) is 1. The van der Waals surface area contributed by atoms with Gasteiger partial charge in [-0.25, -0.2) is 18.2 Å². The van der Waals surface area contributed by atoms with E-state index in [9.17, 15) is 8.42 Å². The highest BCUT2D eigenvalue weighted by atomic mass is 35.5. The minimum Gasteiger partial charge on any atom is -0.494 e. The Bertz CT molecular complexity index is 1480. The summed E-state index contributed by atoms with van der Waals surface area (Å²) in [6.45, 7) is 6.64. The van der Waals surface area contributed by atoms with Gasteiger partial charge < -0.3 is 36.0 Å². The minimum absolute atomic E-state index is 0.286. The van der Waals surface area contributed by atoms with Gasteiger partial charge in [-0.15, -0.1) is 0 Å². The summed E-state index contributed by atoms with van der Waals surface area (Å²) in [6, 6.07) is 13.6. The number of carbonyl (C=O) groups is 1. The van der Waals surface area contributed by atoms with E-state index in [1.54, 1.807) is 31.4 Å². The summed E-state index contributed by atoms with van der Waals surface area (Å²) in [6.07, 6.45) is 2.46. The molecule has 0 aliphatic carbocycles. The van der Waals surface area contributed by atoms with Crippen LogP contribution in [0.15, 0.2) is 48.7 Å². The highest BCUT2D eigenvalue weighted by Gasteiger charge is 2.27. The molecule has 2 saturated heterocycles. The number of nitrogens with one attached hydrogen (secondary N) is 3. The number of benzene rings is 2. The molecule has 3 heterocycles. The summed E-state index contributed by atoms with van der Waals surface area (Å²) in [4.78, 5) is 25.1. The van der Waals surface area contributed by atoms with Gasteiger partial charge in [-0.05, 0) is 44.2 Å². The van der Waals surface area contributed by atoms with Crippen molar-refractivity contribution in [1.82, 2.24) is 19.8 Å². The fraction of sp³-hybridized carbons (Fsp3) is 0.393. The molecule has 2 aliphatic rings. The van der Waals surface area contributed by atoms with Crippen molar-refractivity contribution < 1.29 is 23.1 Å². The Morgan fingerprint density at radius 2 is 1.68 bits per heavy atom. The van der Waals surface area contributed by atoms with Crippen LogP contribution in [0.5, 0.6) is 5.75 Å². The van der Waals surface area contributed by atoms with E-state index in [1.807, 2.05) is 12.1 Å². The highest BCUT2D eigenvalue weighted by Crippen LogP contribution is 2.34. The number of anilines is 6. The number of amides is 1. The summed E-state index contributed by atoms with van der Waals surface area (Å²) < 4.78 is 30.5. The second-order valence-electron chi connectivity index (χ2n) is 10.3. The zero-order chi connectivity index (χ0) is 31.6. The van der Waals surface area contributed by atoms with Gasteiger partial charge in [0.1, 0.15) is 10.8 Å². The fourth-order valence-corrected chi connectivity index (χ4v) is 5.74. The number of aromatic nitrogens is 2. The number of nitrogens with zero attached hydrogens (tertiary/aromatic N) is 5. The number of piperidine rings is 1. The van der Waals surface area contributed by atoms with E-state index < -0.39 is 17.0 Å². The molecule has 238 valence electrons. The second kappa shape index (κ2) is 15.6. The average molecular weight is 648 g/mol. The number of primary amides is 1. The standard InChI is InChI=1S/C27H35ClN8O3S.CH3NO2/c1-34-13-15-36(16-14-34)19-9-11-35(12-10-19)20-7-8-24(25(17-20)39-2)31-27-29-18-21(28)26(32-27)30-22-5-3-4-6-23(22)33-40(37)38;2-1(3)4/h3-8,17-19,40H,9-16H2,1-2H3,(H,33,37,38)(H2,29,30,31,32);2H2,(H,3,4). The minimum atomic E-state index is -2.82. The number of nitrogens with two attached hydrogens (primary N) is 1. The molecule has 6 N–H and O–H groups in total. The van der Waals surface area contributed by atoms with Crippen molar-refractivity contribution in [1.29, 1.82) is 0 Å². The molecule has 5 rings (SSSR count). The maximum atomic E-state index is 11.2. The monoisotopic (exact) mass is 647 g/mol. The van der Waals surface area contributed by atoms with Crippen LogP contribution < -0.4 is 30.7 Å². The number of piperazine rings is 1. The van der Waals surface area contributed by atoms with Gasteiger partial charge in [0.25, 0.3) is 0 Å². The van der Waals surface area contributed by atoms with E-state index in [2.05, 4.69) is 58.9 Å². The number of ether oxygens (including phenoxy) is 1. The fourth-order valence-electron chi connectivity index (χ4n) is 5.21. The van der Waals surface area contributed by atoms with Gasteiger partial charge in [0.15, 0.2) is 5.82 Å². The molecule has 0 spiro atoms. The molecule has 0 saturated carbocycles. The van der Waals surface area contributed by atoms with Crippen LogP contribution in [0.1, 0.15) is 12.8 Å². The van der Waals surface area contributed by atoms with E-state index >= 15 is 0 Å². The molecule has 2 fully saturated rings. The molecule has 2 aromatic carbocycles. The van der Waals surface area contributed by atoms with Gasteiger partial charge in [-0.1, -0.05) is 23.7 Å². The topological polar surface area (TPSA) is 178 Å². The smallest absolute Gasteiger partial charge is 0.402 e. The number of para-hydroxylation sites is 2. The second-order valence-corrected chi connectivity index (χ2v) is 11.5. The lowest BCUT2D eigenvalue weighted by molar-refractivity contribution is 0.0982. The molecule has 0 bridgehead atoms. The zero-order valence-corrected chi connectivity index (χ0v) is 26.2. The van der Waals surface area contributed by atoms with Gasteiger partial charge in [0, 0.05) is 57.1 Å². The predicted molar refractivity (Wildman–Crippen MR) is 173 cm³/mol. The van der Waals surface area contributed by atoms with Crippen LogP contribution in [0.3, 0.4) is 0 Å². The molecule has 16 heteroatoms. The Morgan fingerprint density at radius 3 is 2.32 bits per heavy atom. The van der Waals surface area contributed by atoms with E-state index in [4.69, 9.17) is 26.2 Å². The summed E-state index contributed by atoms with van der Waals surface area (Å²) in [5.41, 5.74) is 6.76. The van der Waals surface area contributed by atoms with Crippen molar-refractivity contribution in [2.75, 3.05) is 73.7 Å². The van der Waals surface area contributed by atoms with Gasteiger partial charge in [0.05, 0.1) is 30.4 Å². The first-order valence-corrected chi connectivity index (χ1v) is 15.6. The van der Waals surface area contributed by atoms with Crippen molar-refractivity contribution >= 4 is 63.1 Å². The van der Waals surface area contributed by atoms with Crippen LogP contribution in [0, 0.1) is 0 Å². The molecule has 1 aromatic heterocycles. The van der Waals surface area contributed by atoms with Crippen LogP contribution in [-0.2, 0) is 10.9 Å². The number of hydrogen-bond acceptors (Lipinski definition) is 11. The number of carboxylic acid groups (broad SMARTS) is 1. The lowest BCUT2D eigenvalue weighted by Crippen LogP contribution is -2.52. The van der Waals surface area contributed by atoms with Gasteiger partial charge in [0.2, 0.25) is 16.8 Å². The molecule has 1 amide bonds. The molecule has 3 aromatic rings. The predicted octanol–water partition coefficient (Wildman–Crippen LogP) is 3.40. The van der Waals surface area contributed by atoms with Crippen molar-refractivity contribution in [3.63, 3.8) is 0 Å². The third-order valence-electron chi connectivity index (χ3n) is 7.45. The van der Waals surface area contributed by atoms with Crippen molar-refractivity contribution in [2.24, 2.45) is 5.73 Å². The first kappa shape index (κ1) is 32.9. The largest absolute Gasteiger partial charge is 0.494 e. The number of hydrogen-bond donors (Lipinski definition) is 6. The summed E-state index contributed by atoms with van der Waals surface area (Å²) in [5, 5.41) is 13.8. The number of halogens is 1. The summed E-state index contributed by atoms with van der Waals surface area (Å²) >= 11 is 6.35. The lowest BCUT2D eigenvalue weighted by atomic mass is 10.0. The zero-order valence-electron chi connectivity index (χ0n) is 24.6. The van der Waals surface area contributed by atoms with Crippen LogP contribution >= 0.6 is 11.6 Å². The summed E-state index contributed by atoms with van der Waals surface area (Å²) in [5.74, 6) is 1.32. The average Bonchev–Trinajstić information content (AvgIpc) is 3.00. The van der Waals surface area contributed by atoms with E-state index in [-0.39, 0.29) is 5.02 Å². The quantitative estimate of drug-likeness (QED) is 0.187. The third-order valence-corrected chi connectivity index (χ3v) is 8.15.